The number of anilines is 1. The zero-order chi connectivity index (χ0) is 18.2. The zero-order valence-electron chi connectivity index (χ0n) is 14.0. The molecule has 2 aliphatic rings. The van der Waals surface area contributed by atoms with Crippen LogP contribution in [0.2, 0.25) is 0 Å². The SMILES string of the molecule is Cc1cc(Br)c(NC(=O)CN2C(=O)CC3(CCCCC3)C2=O)c(Br)c1. The van der Waals surface area contributed by atoms with Gasteiger partial charge in [-0.3, -0.25) is 19.3 Å². The number of imide groups is 1. The Morgan fingerprint density at radius 2 is 1.76 bits per heavy atom. The van der Waals surface area contributed by atoms with Crippen LogP contribution in [0, 0.1) is 12.3 Å². The van der Waals surface area contributed by atoms with Crippen molar-refractivity contribution in [2.75, 3.05) is 11.9 Å². The molecule has 0 atom stereocenters. The van der Waals surface area contributed by atoms with Crippen LogP contribution in [0.25, 0.3) is 0 Å². The molecule has 134 valence electrons. The number of halogens is 2. The van der Waals surface area contributed by atoms with Crippen molar-refractivity contribution in [1.82, 2.24) is 4.90 Å². The summed E-state index contributed by atoms with van der Waals surface area (Å²) in [4.78, 5) is 38.7. The van der Waals surface area contributed by atoms with Crippen LogP contribution in [0.3, 0.4) is 0 Å². The highest BCUT2D eigenvalue weighted by Crippen LogP contribution is 2.45. The molecule has 1 N–H and O–H groups in total. The van der Waals surface area contributed by atoms with Gasteiger partial charge in [0.05, 0.1) is 11.1 Å². The Kier molecular flexibility index (Phi) is 5.34. The molecule has 1 aliphatic heterocycles. The van der Waals surface area contributed by atoms with Gasteiger partial charge in [0.2, 0.25) is 17.7 Å². The molecule has 5 nitrogen and oxygen atoms in total. The molecule has 1 aromatic rings. The van der Waals surface area contributed by atoms with E-state index in [2.05, 4.69) is 37.2 Å². The summed E-state index contributed by atoms with van der Waals surface area (Å²) >= 11 is 6.86. The largest absolute Gasteiger partial charge is 0.323 e. The van der Waals surface area contributed by atoms with Gasteiger partial charge in [0.1, 0.15) is 6.54 Å². The molecule has 0 aromatic heterocycles. The highest BCUT2D eigenvalue weighted by atomic mass is 79.9. The summed E-state index contributed by atoms with van der Waals surface area (Å²) in [5, 5.41) is 2.79. The number of rotatable bonds is 3. The van der Waals surface area contributed by atoms with E-state index in [1.165, 1.54) is 0 Å². The predicted octanol–water partition coefficient (Wildman–Crippen LogP) is 4.17. The molecule has 25 heavy (non-hydrogen) atoms. The number of hydrogen-bond acceptors (Lipinski definition) is 3. The van der Waals surface area contributed by atoms with Gasteiger partial charge in [-0.25, -0.2) is 0 Å². The first kappa shape index (κ1) is 18.6. The molecular formula is C18H20Br2N2O3. The number of carbonyl (C=O) groups is 3. The van der Waals surface area contributed by atoms with Gasteiger partial charge in [-0.05, 0) is 69.3 Å². The van der Waals surface area contributed by atoms with Crippen molar-refractivity contribution < 1.29 is 14.4 Å². The Bertz CT molecular complexity index is 719. The van der Waals surface area contributed by atoms with Crippen LogP contribution in [0.4, 0.5) is 5.69 Å². The molecule has 1 saturated heterocycles. The van der Waals surface area contributed by atoms with Crippen molar-refractivity contribution in [2.45, 2.75) is 45.4 Å². The van der Waals surface area contributed by atoms with Gasteiger partial charge in [0, 0.05) is 15.4 Å². The topological polar surface area (TPSA) is 66.5 Å². The number of hydrogen-bond donors (Lipinski definition) is 1. The lowest BCUT2D eigenvalue weighted by Gasteiger charge is -2.30. The van der Waals surface area contributed by atoms with Gasteiger partial charge < -0.3 is 5.32 Å². The number of carbonyl (C=O) groups excluding carboxylic acids is 3. The van der Waals surface area contributed by atoms with Crippen LogP contribution in [0.5, 0.6) is 0 Å². The van der Waals surface area contributed by atoms with Gasteiger partial charge in [0.25, 0.3) is 0 Å². The van der Waals surface area contributed by atoms with E-state index in [4.69, 9.17) is 0 Å². The van der Waals surface area contributed by atoms with Crippen LogP contribution in [0.15, 0.2) is 21.1 Å². The molecule has 2 fully saturated rings. The van der Waals surface area contributed by atoms with Crippen LogP contribution in [-0.4, -0.2) is 29.2 Å². The van der Waals surface area contributed by atoms with Crippen molar-refractivity contribution in [3.8, 4) is 0 Å². The van der Waals surface area contributed by atoms with E-state index in [0.29, 0.717) is 5.69 Å². The molecule has 1 heterocycles. The number of amides is 3. The second kappa shape index (κ2) is 7.19. The van der Waals surface area contributed by atoms with Crippen LogP contribution < -0.4 is 5.32 Å². The highest BCUT2D eigenvalue weighted by Gasteiger charge is 2.51. The molecule has 3 rings (SSSR count). The highest BCUT2D eigenvalue weighted by molar-refractivity contribution is 9.11. The van der Waals surface area contributed by atoms with Crippen LogP contribution in [0.1, 0.15) is 44.1 Å². The fourth-order valence-electron chi connectivity index (χ4n) is 3.78. The average molecular weight is 472 g/mol. The lowest BCUT2D eigenvalue weighted by Crippen LogP contribution is -2.41. The maximum atomic E-state index is 12.8. The van der Waals surface area contributed by atoms with Crippen molar-refractivity contribution >= 4 is 55.3 Å². The molecule has 1 aromatic carbocycles. The van der Waals surface area contributed by atoms with Crippen molar-refractivity contribution in [3.63, 3.8) is 0 Å². The van der Waals surface area contributed by atoms with E-state index in [1.807, 2.05) is 19.1 Å². The molecule has 0 unspecified atom stereocenters. The molecule has 1 spiro atoms. The number of likely N-dealkylation sites (tertiary alicyclic amines) is 1. The summed E-state index contributed by atoms with van der Waals surface area (Å²) in [7, 11) is 0. The zero-order valence-corrected chi connectivity index (χ0v) is 17.2. The maximum absolute atomic E-state index is 12.8. The fourth-order valence-corrected chi connectivity index (χ4v) is 5.39. The lowest BCUT2D eigenvalue weighted by molar-refractivity contribution is -0.144. The minimum atomic E-state index is -0.555. The first-order chi connectivity index (χ1) is 11.8. The summed E-state index contributed by atoms with van der Waals surface area (Å²) in [5.74, 6) is -0.779. The van der Waals surface area contributed by atoms with Gasteiger partial charge in [0.15, 0.2) is 0 Å². The summed E-state index contributed by atoms with van der Waals surface area (Å²) in [6.07, 6.45) is 4.82. The summed E-state index contributed by atoms with van der Waals surface area (Å²) in [5.41, 5.74) is 1.09. The van der Waals surface area contributed by atoms with Crippen LogP contribution >= 0.6 is 31.9 Å². The molecule has 1 aliphatic carbocycles. The standard InChI is InChI=1S/C18H20Br2N2O3/c1-11-7-12(19)16(13(20)8-11)21-14(23)10-22-15(24)9-18(17(22)25)5-3-2-4-6-18/h7-8H,2-6,9-10H2,1H3,(H,21,23). The Hall–Kier alpha value is -1.21. The van der Waals surface area contributed by atoms with Crippen molar-refractivity contribution in [3.05, 3.63) is 26.6 Å². The quantitative estimate of drug-likeness (QED) is 0.672. The molecule has 0 bridgehead atoms. The third kappa shape index (κ3) is 3.67. The van der Waals surface area contributed by atoms with Gasteiger partial charge in [-0.1, -0.05) is 19.3 Å². The lowest BCUT2D eigenvalue weighted by atomic mass is 9.73. The predicted molar refractivity (Wildman–Crippen MR) is 102 cm³/mol. The van der Waals surface area contributed by atoms with Gasteiger partial charge in [-0.15, -0.1) is 0 Å². The monoisotopic (exact) mass is 470 g/mol. The molecule has 0 radical (unpaired) electrons. The Morgan fingerprint density at radius 1 is 1.16 bits per heavy atom. The van der Waals surface area contributed by atoms with Gasteiger partial charge >= 0.3 is 0 Å². The third-order valence-corrected chi connectivity index (χ3v) is 6.30. The molecular weight excluding hydrogens is 452 g/mol. The maximum Gasteiger partial charge on any atom is 0.244 e. The number of aryl methyl sites for hydroxylation is 1. The molecule has 7 heteroatoms. The van der Waals surface area contributed by atoms with E-state index in [-0.39, 0.29) is 30.7 Å². The first-order valence-electron chi connectivity index (χ1n) is 8.43. The molecule has 3 amide bonds. The van der Waals surface area contributed by atoms with E-state index in [1.54, 1.807) is 0 Å². The summed E-state index contributed by atoms with van der Waals surface area (Å²) < 4.78 is 1.49. The average Bonchev–Trinajstić information content (AvgIpc) is 2.76. The van der Waals surface area contributed by atoms with Crippen molar-refractivity contribution in [2.24, 2.45) is 5.41 Å². The van der Waals surface area contributed by atoms with E-state index >= 15 is 0 Å². The van der Waals surface area contributed by atoms with E-state index in [9.17, 15) is 14.4 Å². The van der Waals surface area contributed by atoms with Crippen LogP contribution in [-0.2, 0) is 14.4 Å². The number of benzene rings is 1. The van der Waals surface area contributed by atoms with Crippen molar-refractivity contribution in [1.29, 1.82) is 0 Å². The Labute approximate surface area is 163 Å². The van der Waals surface area contributed by atoms with E-state index < -0.39 is 5.41 Å². The molecule has 1 saturated carbocycles. The third-order valence-electron chi connectivity index (χ3n) is 5.05. The fraction of sp³-hybridized carbons (Fsp3) is 0.500. The summed E-state index contributed by atoms with van der Waals surface area (Å²) in [6.45, 7) is 1.72. The normalized spacial score (nSPS) is 19.6. The number of nitrogens with zero attached hydrogens (tertiary/aromatic N) is 1. The number of nitrogens with one attached hydrogen (secondary N) is 1. The Balaban J connectivity index is 1.71. The minimum absolute atomic E-state index is 0.172. The first-order valence-corrected chi connectivity index (χ1v) is 10.0. The smallest absolute Gasteiger partial charge is 0.244 e. The van der Waals surface area contributed by atoms with E-state index in [0.717, 1.165) is 51.5 Å². The second-order valence-corrected chi connectivity index (χ2v) is 8.66. The van der Waals surface area contributed by atoms with Gasteiger partial charge in [-0.2, -0.15) is 0 Å². The Morgan fingerprint density at radius 3 is 2.36 bits per heavy atom. The second-order valence-electron chi connectivity index (χ2n) is 6.95. The summed E-state index contributed by atoms with van der Waals surface area (Å²) in [6, 6.07) is 3.78. The minimum Gasteiger partial charge on any atom is -0.323 e.